The second-order valence-electron chi connectivity index (χ2n) is 14.7. The number of fused-ring (bicyclic) bond motifs is 4. The summed E-state index contributed by atoms with van der Waals surface area (Å²) in [5.41, 5.74) is 11.8. The fourth-order valence-electron chi connectivity index (χ4n) is 8.87. The first-order valence-electron chi connectivity index (χ1n) is 17.2. The molecule has 2 aliphatic carbocycles. The van der Waals surface area contributed by atoms with Gasteiger partial charge in [-0.25, -0.2) is 9.78 Å². The Bertz CT molecular complexity index is 1930. The summed E-state index contributed by atoms with van der Waals surface area (Å²) in [6.07, 6.45) is 6.00. The first-order chi connectivity index (χ1) is 22.7. The summed E-state index contributed by atoms with van der Waals surface area (Å²) in [5, 5.41) is 1.18. The molecule has 5 fully saturated rings. The van der Waals surface area contributed by atoms with Crippen molar-refractivity contribution in [3.8, 4) is 17.3 Å². The molecular formula is C36H43N7O4. The molecular weight excluding hydrogens is 594 g/mol. The number of anilines is 1. The van der Waals surface area contributed by atoms with Gasteiger partial charge in [-0.3, -0.25) is 4.79 Å². The molecule has 2 N–H and O–H groups in total. The van der Waals surface area contributed by atoms with Crippen LogP contribution in [0.3, 0.4) is 0 Å². The minimum absolute atomic E-state index is 0.0113. The summed E-state index contributed by atoms with van der Waals surface area (Å²) in [4.78, 5) is 37.1. The quantitative estimate of drug-likeness (QED) is 0.329. The molecule has 2 unspecified atom stereocenters. The minimum Gasteiger partial charge on any atom is -0.494 e. The molecule has 246 valence electrons. The van der Waals surface area contributed by atoms with Crippen molar-refractivity contribution in [2.75, 3.05) is 45.2 Å². The predicted octanol–water partition coefficient (Wildman–Crippen LogP) is 4.60. The van der Waals surface area contributed by atoms with E-state index in [9.17, 15) is 9.59 Å². The van der Waals surface area contributed by atoms with Gasteiger partial charge in [-0.1, -0.05) is 6.07 Å². The zero-order valence-electron chi connectivity index (χ0n) is 27.4. The van der Waals surface area contributed by atoms with E-state index in [1.165, 1.54) is 29.4 Å². The standard InChI is InChI=1S/C36H43N7O4/c1-39-20-36(47-35(39)45)10-12-41(13-11-36)25-8-6-22-15-29(42(28(22)17-25)18-21-4-5-21)33-38-26-14-24(16-30(46-3)32(26)40(33)2)34(44)43-19-23-7-9-27(43)31(23)37/h6,8,14-17,21,23,27,31H,4-5,7,9-13,18-20,37H2,1-3H3/t23?,27?,31-/m1/s1. The number of nitrogens with zero attached hydrogens (tertiary/aromatic N) is 6. The number of ether oxygens (including phenoxy) is 2. The van der Waals surface area contributed by atoms with Crippen molar-refractivity contribution in [2.45, 2.75) is 62.8 Å². The number of benzene rings is 2. The molecule has 2 amide bonds. The third kappa shape index (κ3) is 4.52. The first-order valence-corrected chi connectivity index (χ1v) is 17.2. The van der Waals surface area contributed by atoms with E-state index in [1.807, 2.05) is 31.1 Å². The van der Waals surface area contributed by atoms with Crippen molar-refractivity contribution in [1.82, 2.24) is 23.9 Å². The number of hydrogen-bond acceptors (Lipinski definition) is 7. The average molecular weight is 638 g/mol. The van der Waals surface area contributed by atoms with E-state index in [4.69, 9.17) is 20.2 Å². The van der Waals surface area contributed by atoms with E-state index in [-0.39, 0.29) is 29.7 Å². The molecule has 3 saturated heterocycles. The molecule has 47 heavy (non-hydrogen) atoms. The molecule has 2 aromatic carbocycles. The van der Waals surface area contributed by atoms with Crippen LogP contribution >= 0.6 is 0 Å². The van der Waals surface area contributed by atoms with Crippen molar-refractivity contribution in [3.63, 3.8) is 0 Å². The van der Waals surface area contributed by atoms with E-state index in [0.29, 0.717) is 29.7 Å². The molecule has 9 rings (SSSR count). The summed E-state index contributed by atoms with van der Waals surface area (Å²) < 4.78 is 16.2. The number of aromatic nitrogens is 3. The molecule has 3 aliphatic heterocycles. The van der Waals surface area contributed by atoms with Crippen molar-refractivity contribution >= 4 is 39.6 Å². The Morgan fingerprint density at radius 1 is 1.09 bits per heavy atom. The Morgan fingerprint density at radius 3 is 2.55 bits per heavy atom. The molecule has 0 radical (unpaired) electrons. The highest BCUT2D eigenvalue weighted by Gasteiger charge is 2.47. The SMILES string of the molecule is COc1cc(C(=O)N2CC3CCC2[C@@H]3N)cc2nc(-c3cc4ccc(N5CCC6(CC5)CN(C)C(=O)O6)cc4n3CC3CC3)n(C)c12. The van der Waals surface area contributed by atoms with Crippen LogP contribution in [0.2, 0.25) is 0 Å². The number of hydrogen-bond donors (Lipinski definition) is 1. The third-order valence-electron chi connectivity index (χ3n) is 11.8. The van der Waals surface area contributed by atoms with Crippen molar-refractivity contribution in [3.05, 3.63) is 42.0 Å². The lowest BCUT2D eigenvalue weighted by molar-refractivity contribution is 0.0367. The monoisotopic (exact) mass is 637 g/mol. The molecule has 4 aromatic rings. The number of likely N-dealkylation sites (tertiary alicyclic amines) is 1. The molecule has 11 nitrogen and oxygen atoms in total. The van der Waals surface area contributed by atoms with Crippen molar-refractivity contribution < 1.29 is 19.1 Å². The van der Waals surface area contributed by atoms with E-state index in [2.05, 4.69) is 38.3 Å². The Labute approximate surface area is 274 Å². The topological polar surface area (TPSA) is 111 Å². The number of amides is 2. The third-order valence-corrected chi connectivity index (χ3v) is 11.8. The van der Waals surface area contributed by atoms with E-state index >= 15 is 0 Å². The second-order valence-corrected chi connectivity index (χ2v) is 14.7. The number of nitrogens with two attached hydrogens (primary N) is 1. The Balaban J connectivity index is 1.07. The Kier molecular flexibility index (Phi) is 6.39. The highest BCUT2D eigenvalue weighted by molar-refractivity contribution is 6.00. The maximum Gasteiger partial charge on any atom is 0.410 e. The van der Waals surface area contributed by atoms with Crippen LogP contribution in [0.4, 0.5) is 10.5 Å². The van der Waals surface area contributed by atoms with Gasteiger partial charge in [-0.05, 0) is 67.9 Å². The van der Waals surface area contributed by atoms with Gasteiger partial charge in [0.15, 0.2) is 5.82 Å². The van der Waals surface area contributed by atoms with E-state index in [1.54, 1.807) is 12.0 Å². The average Bonchev–Trinajstić information content (AvgIpc) is 3.28. The van der Waals surface area contributed by atoms with Gasteiger partial charge in [0.1, 0.15) is 16.9 Å². The Hall–Kier alpha value is -4.25. The van der Waals surface area contributed by atoms with Gasteiger partial charge >= 0.3 is 6.09 Å². The fourth-order valence-corrected chi connectivity index (χ4v) is 8.87. The number of aryl methyl sites for hydroxylation is 1. The summed E-state index contributed by atoms with van der Waals surface area (Å²) in [7, 11) is 5.51. The van der Waals surface area contributed by atoms with Gasteiger partial charge in [-0.2, -0.15) is 0 Å². The lowest BCUT2D eigenvalue weighted by Crippen LogP contribution is -2.46. The summed E-state index contributed by atoms with van der Waals surface area (Å²) in [6, 6.07) is 13.0. The smallest absolute Gasteiger partial charge is 0.410 e. The number of methoxy groups -OCH3 is 1. The highest BCUT2D eigenvalue weighted by Crippen LogP contribution is 2.41. The summed E-state index contributed by atoms with van der Waals surface area (Å²) >= 11 is 0. The van der Waals surface area contributed by atoms with Crippen LogP contribution in [-0.2, 0) is 18.3 Å². The van der Waals surface area contributed by atoms with Gasteiger partial charge in [0.2, 0.25) is 0 Å². The van der Waals surface area contributed by atoms with E-state index < -0.39 is 0 Å². The number of rotatable bonds is 6. The highest BCUT2D eigenvalue weighted by atomic mass is 16.6. The predicted molar refractivity (Wildman–Crippen MR) is 180 cm³/mol. The Morgan fingerprint density at radius 2 is 1.89 bits per heavy atom. The van der Waals surface area contributed by atoms with Crippen LogP contribution < -0.4 is 15.4 Å². The summed E-state index contributed by atoms with van der Waals surface area (Å²) in [6.45, 7) is 4.02. The van der Waals surface area contributed by atoms with Gasteiger partial charge in [0, 0.05) is 81.8 Å². The zero-order valence-corrected chi connectivity index (χ0v) is 27.4. The number of imidazole rings is 1. The summed E-state index contributed by atoms with van der Waals surface area (Å²) in [5.74, 6) is 2.57. The maximum absolute atomic E-state index is 13.8. The maximum atomic E-state index is 13.8. The number of likely N-dealkylation sites (N-methyl/N-ethyl adjacent to an activating group) is 1. The molecule has 2 aromatic heterocycles. The molecule has 3 atom stereocenters. The van der Waals surface area contributed by atoms with Crippen LogP contribution in [0, 0.1) is 11.8 Å². The van der Waals surface area contributed by atoms with Crippen molar-refractivity contribution in [1.29, 1.82) is 0 Å². The molecule has 5 heterocycles. The molecule has 2 bridgehead atoms. The molecule has 1 spiro atoms. The lowest BCUT2D eigenvalue weighted by atomic mass is 9.91. The normalized spacial score (nSPS) is 25.1. The second kappa shape index (κ2) is 10.4. The lowest BCUT2D eigenvalue weighted by Gasteiger charge is -2.38. The molecule has 2 saturated carbocycles. The van der Waals surface area contributed by atoms with Crippen molar-refractivity contribution in [2.24, 2.45) is 24.6 Å². The van der Waals surface area contributed by atoms with Crippen LogP contribution in [-0.4, -0.2) is 93.9 Å². The number of piperidine rings is 2. The first kappa shape index (κ1) is 28.9. The van der Waals surface area contributed by atoms with Gasteiger partial charge in [0.05, 0.1) is 30.4 Å². The fraction of sp³-hybridized carbons (Fsp3) is 0.528. The van der Waals surface area contributed by atoms with Crippen LogP contribution in [0.15, 0.2) is 36.4 Å². The largest absolute Gasteiger partial charge is 0.494 e. The van der Waals surface area contributed by atoms with Gasteiger partial charge in [-0.15, -0.1) is 0 Å². The van der Waals surface area contributed by atoms with Crippen LogP contribution in [0.1, 0.15) is 48.9 Å². The van der Waals surface area contributed by atoms with Crippen LogP contribution in [0.25, 0.3) is 33.5 Å². The number of carbonyl (C=O) groups excluding carboxylic acids is 2. The molecule has 5 aliphatic rings. The minimum atomic E-state index is -0.363. The molecule has 11 heteroatoms. The van der Waals surface area contributed by atoms with E-state index in [0.717, 1.165) is 74.4 Å². The number of carbonyl (C=O) groups is 2. The zero-order chi connectivity index (χ0) is 32.2. The van der Waals surface area contributed by atoms with Gasteiger partial charge < -0.3 is 39.0 Å². The van der Waals surface area contributed by atoms with Gasteiger partial charge in [0.25, 0.3) is 5.91 Å². The van der Waals surface area contributed by atoms with Crippen LogP contribution in [0.5, 0.6) is 5.75 Å².